The smallest absolute Gasteiger partial charge is 0.251 e. The fraction of sp³-hybridized carbons (Fsp3) is 0.267. The van der Waals surface area contributed by atoms with E-state index in [9.17, 15) is 9.90 Å². The zero-order valence-corrected chi connectivity index (χ0v) is 10.5. The highest BCUT2D eigenvalue weighted by atomic mass is 16.3. The quantitative estimate of drug-likeness (QED) is 0.878. The molecule has 0 atom stereocenters. The summed E-state index contributed by atoms with van der Waals surface area (Å²) < 4.78 is 1.96. The van der Waals surface area contributed by atoms with Gasteiger partial charge in [0.05, 0.1) is 6.10 Å². The average Bonchev–Trinajstić information content (AvgIpc) is 2.91. The molecule has 2 aromatic rings. The molecule has 98 valence electrons. The van der Waals surface area contributed by atoms with Crippen molar-refractivity contribution in [2.75, 3.05) is 0 Å². The van der Waals surface area contributed by atoms with Crippen LogP contribution in [0.1, 0.15) is 23.2 Å². The number of hydrogen-bond acceptors (Lipinski definition) is 2. The van der Waals surface area contributed by atoms with Gasteiger partial charge < -0.3 is 15.0 Å². The van der Waals surface area contributed by atoms with Gasteiger partial charge in [0.25, 0.3) is 5.91 Å². The molecule has 0 saturated heterocycles. The van der Waals surface area contributed by atoms with Crippen molar-refractivity contribution in [1.82, 2.24) is 9.88 Å². The summed E-state index contributed by atoms with van der Waals surface area (Å²) in [4.78, 5) is 12.1. The number of carbonyl (C=O) groups is 1. The van der Waals surface area contributed by atoms with E-state index >= 15 is 0 Å². The van der Waals surface area contributed by atoms with E-state index in [0.717, 1.165) is 5.69 Å². The summed E-state index contributed by atoms with van der Waals surface area (Å²) in [6, 6.07) is 11.5. The van der Waals surface area contributed by atoms with Crippen molar-refractivity contribution in [1.29, 1.82) is 0 Å². The van der Waals surface area contributed by atoms with Crippen LogP contribution in [-0.4, -0.2) is 27.7 Å². The minimum Gasteiger partial charge on any atom is -0.393 e. The number of nitrogens with zero attached hydrogens (tertiary/aromatic N) is 1. The molecule has 0 aliphatic heterocycles. The van der Waals surface area contributed by atoms with Gasteiger partial charge in [-0.05, 0) is 43.2 Å². The molecule has 2 N–H and O–H groups in total. The van der Waals surface area contributed by atoms with Crippen molar-refractivity contribution in [2.45, 2.75) is 25.0 Å². The van der Waals surface area contributed by atoms with Crippen molar-refractivity contribution >= 4 is 5.91 Å². The van der Waals surface area contributed by atoms with E-state index in [4.69, 9.17) is 0 Å². The third-order valence-electron chi connectivity index (χ3n) is 3.46. The average molecular weight is 256 g/mol. The first-order chi connectivity index (χ1) is 9.22. The first kappa shape index (κ1) is 12.0. The Morgan fingerprint density at radius 3 is 2.63 bits per heavy atom. The van der Waals surface area contributed by atoms with Crippen LogP contribution in [0.5, 0.6) is 0 Å². The van der Waals surface area contributed by atoms with Gasteiger partial charge in [-0.25, -0.2) is 0 Å². The second-order valence-corrected chi connectivity index (χ2v) is 4.94. The van der Waals surface area contributed by atoms with E-state index in [1.165, 1.54) is 0 Å². The Kier molecular flexibility index (Phi) is 3.09. The number of aliphatic hydroxyl groups is 1. The molecule has 4 nitrogen and oxygen atoms in total. The molecular formula is C15H16N2O2. The molecule has 1 aromatic heterocycles. The number of benzene rings is 1. The van der Waals surface area contributed by atoms with Gasteiger partial charge in [-0.2, -0.15) is 0 Å². The van der Waals surface area contributed by atoms with Crippen LogP contribution in [-0.2, 0) is 0 Å². The van der Waals surface area contributed by atoms with Crippen LogP contribution in [0.25, 0.3) is 5.69 Å². The van der Waals surface area contributed by atoms with Crippen LogP contribution in [0.15, 0.2) is 48.8 Å². The maximum absolute atomic E-state index is 12.1. The summed E-state index contributed by atoms with van der Waals surface area (Å²) in [5.41, 5.74) is 1.61. The van der Waals surface area contributed by atoms with E-state index in [1.54, 1.807) is 6.07 Å². The summed E-state index contributed by atoms with van der Waals surface area (Å²) in [7, 11) is 0. The lowest BCUT2D eigenvalue weighted by Crippen LogP contribution is -2.46. The third kappa shape index (κ3) is 2.53. The van der Waals surface area contributed by atoms with E-state index in [1.807, 2.05) is 47.3 Å². The van der Waals surface area contributed by atoms with E-state index in [2.05, 4.69) is 5.32 Å². The fourth-order valence-corrected chi connectivity index (χ4v) is 2.29. The molecule has 1 heterocycles. The Bertz CT molecular complexity index is 572. The van der Waals surface area contributed by atoms with Crippen LogP contribution in [0.4, 0.5) is 0 Å². The number of rotatable bonds is 3. The van der Waals surface area contributed by atoms with Gasteiger partial charge in [0.15, 0.2) is 0 Å². The minimum absolute atomic E-state index is 0.0779. The SMILES string of the molecule is O=C(NC1CC(O)C1)c1cccc(-n2cccc2)c1. The predicted octanol–water partition coefficient (Wildman–Crippen LogP) is 1.73. The highest BCUT2D eigenvalue weighted by Gasteiger charge is 2.28. The summed E-state index contributed by atoms with van der Waals surface area (Å²) in [6.07, 6.45) is 4.95. The maximum atomic E-state index is 12.1. The van der Waals surface area contributed by atoms with Gasteiger partial charge in [0, 0.05) is 29.7 Å². The lowest BCUT2D eigenvalue weighted by molar-refractivity contribution is 0.0562. The highest BCUT2D eigenvalue weighted by Crippen LogP contribution is 2.20. The molecule has 3 rings (SSSR count). The third-order valence-corrected chi connectivity index (χ3v) is 3.46. The first-order valence-electron chi connectivity index (χ1n) is 6.45. The van der Waals surface area contributed by atoms with Crippen LogP contribution < -0.4 is 5.32 Å². The maximum Gasteiger partial charge on any atom is 0.251 e. The van der Waals surface area contributed by atoms with Gasteiger partial charge in [-0.15, -0.1) is 0 Å². The van der Waals surface area contributed by atoms with Crippen LogP contribution >= 0.6 is 0 Å². The van der Waals surface area contributed by atoms with Crippen molar-refractivity contribution < 1.29 is 9.90 Å². The van der Waals surface area contributed by atoms with Gasteiger partial charge in [0.1, 0.15) is 0 Å². The number of hydrogen-bond donors (Lipinski definition) is 2. The Morgan fingerprint density at radius 1 is 1.21 bits per heavy atom. The molecule has 1 aliphatic rings. The zero-order chi connectivity index (χ0) is 13.2. The lowest BCUT2D eigenvalue weighted by Gasteiger charge is -2.31. The van der Waals surface area contributed by atoms with Crippen LogP contribution in [0.3, 0.4) is 0 Å². The highest BCUT2D eigenvalue weighted by molar-refractivity contribution is 5.95. The fourth-order valence-electron chi connectivity index (χ4n) is 2.29. The Morgan fingerprint density at radius 2 is 1.95 bits per heavy atom. The second-order valence-electron chi connectivity index (χ2n) is 4.94. The summed E-state index contributed by atoms with van der Waals surface area (Å²) >= 11 is 0. The molecule has 19 heavy (non-hydrogen) atoms. The number of aromatic nitrogens is 1. The van der Waals surface area contributed by atoms with Gasteiger partial charge >= 0.3 is 0 Å². The molecule has 0 radical (unpaired) electrons. The molecule has 1 aliphatic carbocycles. The van der Waals surface area contributed by atoms with Crippen molar-refractivity contribution in [3.63, 3.8) is 0 Å². The molecule has 1 aromatic carbocycles. The van der Waals surface area contributed by atoms with Gasteiger partial charge in [-0.3, -0.25) is 4.79 Å². The van der Waals surface area contributed by atoms with Gasteiger partial charge in [0.2, 0.25) is 0 Å². The van der Waals surface area contributed by atoms with Gasteiger partial charge in [-0.1, -0.05) is 6.07 Å². The van der Waals surface area contributed by atoms with Crippen molar-refractivity contribution in [3.8, 4) is 5.69 Å². The Balaban J connectivity index is 1.74. The van der Waals surface area contributed by atoms with E-state index in [0.29, 0.717) is 18.4 Å². The Hall–Kier alpha value is -2.07. The van der Waals surface area contributed by atoms with E-state index in [-0.39, 0.29) is 18.1 Å². The summed E-state index contributed by atoms with van der Waals surface area (Å²) in [5, 5.41) is 12.1. The molecule has 1 fully saturated rings. The molecule has 1 saturated carbocycles. The summed E-state index contributed by atoms with van der Waals surface area (Å²) in [6.45, 7) is 0. The standard InChI is InChI=1S/C15H16N2O2/c18-14-9-12(10-14)16-15(19)11-4-3-5-13(8-11)17-6-1-2-7-17/h1-8,12,14,18H,9-10H2,(H,16,19). The lowest BCUT2D eigenvalue weighted by atomic mass is 9.89. The number of carbonyl (C=O) groups excluding carboxylic acids is 1. The predicted molar refractivity (Wildman–Crippen MR) is 72.3 cm³/mol. The normalized spacial score (nSPS) is 21.7. The molecular weight excluding hydrogens is 240 g/mol. The van der Waals surface area contributed by atoms with Crippen LogP contribution in [0.2, 0.25) is 0 Å². The summed E-state index contributed by atoms with van der Waals surface area (Å²) in [5.74, 6) is -0.0779. The number of nitrogens with one attached hydrogen (secondary N) is 1. The monoisotopic (exact) mass is 256 g/mol. The molecule has 0 bridgehead atoms. The van der Waals surface area contributed by atoms with Crippen molar-refractivity contribution in [2.24, 2.45) is 0 Å². The molecule has 1 amide bonds. The molecule has 0 unspecified atom stereocenters. The largest absolute Gasteiger partial charge is 0.393 e. The Labute approximate surface area is 111 Å². The molecule has 4 heteroatoms. The number of aliphatic hydroxyl groups excluding tert-OH is 1. The van der Waals surface area contributed by atoms with Crippen LogP contribution in [0, 0.1) is 0 Å². The first-order valence-corrected chi connectivity index (χ1v) is 6.45. The van der Waals surface area contributed by atoms with Crippen molar-refractivity contribution in [3.05, 3.63) is 54.4 Å². The number of amides is 1. The van der Waals surface area contributed by atoms with E-state index < -0.39 is 0 Å². The second kappa shape index (κ2) is 4.90. The zero-order valence-electron chi connectivity index (χ0n) is 10.5. The topological polar surface area (TPSA) is 54.3 Å². The molecule has 0 spiro atoms. The minimum atomic E-state index is -0.253.